The first-order valence-corrected chi connectivity index (χ1v) is 11.2. The molecule has 3 aromatic rings. The van der Waals surface area contributed by atoms with Gasteiger partial charge in [-0.15, -0.1) is 10.2 Å². The average molecular weight is 429 g/mol. The van der Waals surface area contributed by atoms with Crippen molar-refractivity contribution in [3.63, 3.8) is 0 Å². The summed E-state index contributed by atoms with van der Waals surface area (Å²) in [7, 11) is 0. The van der Waals surface area contributed by atoms with Gasteiger partial charge in [0.2, 0.25) is 5.91 Å². The molecule has 1 amide bonds. The van der Waals surface area contributed by atoms with Gasteiger partial charge >= 0.3 is 0 Å². The third-order valence-corrected chi connectivity index (χ3v) is 6.32. The van der Waals surface area contributed by atoms with Gasteiger partial charge in [-0.05, 0) is 62.1 Å². The van der Waals surface area contributed by atoms with Gasteiger partial charge in [-0.1, -0.05) is 23.4 Å². The molecule has 2 aliphatic carbocycles. The molecule has 2 heterocycles. The van der Waals surface area contributed by atoms with E-state index in [0.29, 0.717) is 35.0 Å². The number of furan rings is 1. The van der Waals surface area contributed by atoms with Crippen molar-refractivity contribution in [1.29, 1.82) is 0 Å². The van der Waals surface area contributed by atoms with Crippen molar-refractivity contribution < 1.29 is 9.21 Å². The maximum Gasteiger partial charge on any atom is 0.230 e. The van der Waals surface area contributed by atoms with Crippen LogP contribution in [-0.4, -0.2) is 26.4 Å². The second-order valence-corrected chi connectivity index (χ2v) is 8.93. The number of benzene rings is 1. The molecule has 150 valence electrons. The number of carbonyl (C=O) groups is 1. The molecule has 29 heavy (non-hydrogen) atoms. The zero-order chi connectivity index (χ0) is 19.8. The molecule has 0 aliphatic heterocycles. The second kappa shape index (κ2) is 7.88. The van der Waals surface area contributed by atoms with E-state index in [1.54, 1.807) is 0 Å². The van der Waals surface area contributed by atoms with Crippen LogP contribution in [0.25, 0.3) is 11.3 Å². The molecule has 0 radical (unpaired) electrons. The predicted octanol–water partition coefficient (Wildman–Crippen LogP) is 4.81. The number of carbonyl (C=O) groups excluding carboxylic acids is 1. The highest BCUT2D eigenvalue weighted by atomic mass is 35.5. The maximum atomic E-state index is 12.3. The topological polar surface area (TPSA) is 73.0 Å². The number of hydrogen-bond acceptors (Lipinski definition) is 5. The van der Waals surface area contributed by atoms with E-state index in [-0.39, 0.29) is 5.91 Å². The lowest BCUT2D eigenvalue weighted by Crippen LogP contribution is -2.24. The quantitative estimate of drug-likeness (QED) is 0.521. The van der Waals surface area contributed by atoms with Gasteiger partial charge in [0.25, 0.3) is 0 Å². The fraction of sp³-hybridized carbons (Fsp3) is 0.381. The molecule has 2 aromatic heterocycles. The number of amides is 1. The molecule has 0 saturated heterocycles. The molecule has 8 heteroatoms. The van der Waals surface area contributed by atoms with Crippen LogP contribution in [0.1, 0.15) is 49.2 Å². The zero-order valence-corrected chi connectivity index (χ0v) is 17.4. The smallest absolute Gasteiger partial charge is 0.230 e. The molecule has 0 spiro atoms. The molecule has 0 atom stereocenters. The van der Waals surface area contributed by atoms with Gasteiger partial charge in [-0.2, -0.15) is 0 Å². The van der Waals surface area contributed by atoms with Crippen LogP contribution in [0, 0.1) is 0 Å². The Balaban J connectivity index is 1.15. The first-order chi connectivity index (χ1) is 14.2. The SMILES string of the molecule is O=C(CSc1nnc(C2CC2)n1C1CC1)NCc1ccc(-c2ccc(Cl)cc2)o1. The van der Waals surface area contributed by atoms with E-state index < -0.39 is 0 Å². The van der Waals surface area contributed by atoms with E-state index in [1.807, 2.05) is 36.4 Å². The number of rotatable bonds is 8. The van der Waals surface area contributed by atoms with Crippen LogP contribution in [0.3, 0.4) is 0 Å². The molecular formula is C21H21ClN4O2S. The van der Waals surface area contributed by atoms with Crippen molar-refractivity contribution in [1.82, 2.24) is 20.1 Å². The van der Waals surface area contributed by atoms with Gasteiger partial charge in [0, 0.05) is 22.5 Å². The third-order valence-electron chi connectivity index (χ3n) is 5.13. The highest BCUT2D eigenvalue weighted by Gasteiger charge is 2.36. The monoisotopic (exact) mass is 428 g/mol. The Bertz CT molecular complexity index is 1020. The summed E-state index contributed by atoms with van der Waals surface area (Å²) < 4.78 is 8.09. The van der Waals surface area contributed by atoms with E-state index in [9.17, 15) is 4.79 Å². The van der Waals surface area contributed by atoms with Crippen molar-refractivity contribution in [3.05, 3.63) is 53.0 Å². The molecule has 0 unspecified atom stereocenters. The Hall–Kier alpha value is -2.25. The van der Waals surface area contributed by atoms with Crippen molar-refractivity contribution in [2.45, 2.75) is 49.3 Å². The predicted molar refractivity (Wildman–Crippen MR) is 112 cm³/mol. The minimum atomic E-state index is -0.0437. The third kappa shape index (κ3) is 4.36. The lowest BCUT2D eigenvalue weighted by Gasteiger charge is -2.08. The van der Waals surface area contributed by atoms with Crippen molar-refractivity contribution in [2.75, 3.05) is 5.75 Å². The minimum Gasteiger partial charge on any atom is -0.459 e. The van der Waals surface area contributed by atoms with Crippen LogP contribution in [-0.2, 0) is 11.3 Å². The fourth-order valence-electron chi connectivity index (χ4n) is 3.29. The zero-order valence-electron chi connectivity index (χ0n) is 15.8. The molecule has 6 nitrogen and oxygen atoms in total. The van der Waals surface area contributed by atoms with E-state index in [4.69, 9.17) is 16.0 Å². The molecule has 0 bridgehead atoms. The number of aromatic nitrogens is 3. The molecule has 1 N–H and O–H groups in total. The summed E-state index contributed by atoms with van der Waals surface area (Å²) in [6.45, 7) is 0.357. The van der Waals surface area contributed by atoms with Crippen LogP contribution in [0.2, 0.25) is 5.02 Å². The normalized spacial score (nSPS) is 16.2. The van der Waals surface area contributed by atoms with E-state index in [2.05, 4.69) is 20.1 Å². The maximum absolute atomic E-state index is 12.3. The van der Waals surface area contributed by atoms with E-state index >= 15 is 0 Å². The Morgan fingerprint density at radius 2 is 1.93 bits per heavy atom. The molecule has 5 rings (SSSR count). The van der Waals surface area contributed by atoms with Crippen LogP contribution >= 0.6 is 23.4 Å². The molecular weight excluding hydrogens is 408 g/mol. The fourth-order valence-corrected chi connectivity index (χ4v) is 4.26. The average Bonchev–Trinajstić information content (AvgIpc) is 3.66. The highest BCUT2D eigenvalue weighted by Crippen LogP contribution is 2.45. The lowest BCUT2D eigenvalue weighted by molar-refractivity contribution is -0.118. The van der Waals surface area contributed by atoms with E-state index in [0.717, 1.165) is 22.3 Å². The van der Waals surface area contributed by atoms with Crippen molar-refractivity contribution in [3.8, 4) is 11.3 Å². The lowest BCUT2D eigenvalue weighted by atomic mass is 10.2. The van der Waals surface area contributed by atoms with Gasteiger partial charge < -0.3 is 14.3 Å². The van der Waals surface area contributed by atoms with Crippen molar-refractivity contribution in [2.24, 2.45) is 0 Å². The van der Waals surface area contributed by atoms with Gasteiger partial charge in [0.05, 0.1) is 12.3 Å². The van der Waals surface area contributed by atoms with Gasteiger partial charge in [-0.3, -0.25) is 4.79 Å². The van der Waals surface area contributed by atoms with Crippen LogP contribution < -0.4 is 5.32 Å². The molecule has 2 fully saturated rings. The number of halogens is 1. The van der Waals surface area contributed by atoms with Crippen LogP contribution in [0.5, 0.6) is 0 Å². The van der Waals surface area contributed by atoms with Gasteiger partial charge in [0.15, 0.2) is 5.16 Å². The first-order valence-electron chi connectivity index (χ1n) is 9.86. The Kier molecular flexibility index (Phi) is 5.09. The standard InChI is InChI=1S/C21H21ClN4O2S/c22-15-5-3-13(4-6-15)18-10-9-17(28-18)11-23-19(27)12-29-21-25-24-20(14-1-2-14)26(21)16-7-8-16/h3-6,9-10,14,16H,1-2,7-8,11-12H2,(H,23,27). The van der Waals surface area contributed by atoms with Crippen molar-refractivity contribution >= 4 is 29.3 Å². The van der Waals surface area contributed by atoms with Gasteiger partial charge in [-0.25, -0.2) is 0 Å². The Morgan fingerprint density at radius 3 is 2.66 bits per heavy atom. The Labute approximate surface area is 178 Å². The van der Waals surface area contributed by atoms with E-state index in [1.165, 1.54) is 37.4 Å². The summed E-state index contributed by atoms with van der Waals surface area (Å²) in [5.41, 5.74) is 0.952. The molecule has 2 aliphatic rings. The molecule has 1 aromatic carbocycles. The summed E-state index contributed by atoms with van der Waals surface area (Å²) >= 11 is 7.39. The first kappa shape index (κ1) is 18.8. The minimum absolute atomic E-state index is 0.0437. The second-order valence-electron chi connectivity index (χ2n) is 7.55. The summed E-state index contributed by atoms with van der Waals surface area (Å²) in [4.78, 5) is 12.3. The van der Waals surface area contributed by atoms with Gasteiger partial charge in [0.1, 0.15) is 17.3 Å². The Morgan fingerprint density at radius 1 is 1.14 bits per heavy atom. The summed E-state index contributed by atoms with van der Waals surface area (Å²) in [6.07, 6.45) is 4.78. The highest BCUT2D eigenvalue weighted by molar-refractivity contribution is 7.99. The summed E-state index contributed by atoms with van der Waals surface area (Å²) in [6, 6.07) is 11.8. The van der Waals surface area contributed by atoms with Crippen LogP contribution in [0.4, 0.5) is 0 Å². The number of nitrogens with one attached hydrogen (secondary N) is 1. The number of thioether (sulfide) groups is 1. The summed E-state index contributed by atoms with van der Waals surface area (Å²) in [5.74, 6) is 3.43. The largest absolute Gasteiger partial charge is 0.459 e. The van der Waals surface area contributed by atoms with Crippen LogP contribution in [0.15, 0.2) is 46.0 Å². The summed E-state index contributed by atoms with van der Waals surface area (Å²) in [5, 5.41) is 13.2. The number of nitrogens with zero attached hydrogens (tertiary/aromatic N) is 3. The molecule has 2 saturated carbocycles. The number of hydrogen-bond donors (Lipinski definition) is 1.